The first-order valence-electron chi connectivity index (χ1n) is 11.1. The Hall–Kier alpha value is -2.74. The zero-order valence-electron chi connectivity index (χ0n) is 19.5. The minimum absolute atomic E-state index is 0.107. The quantitative estimate of drug-likeness (QED) is 0.491. The maximum Gasteiger partial charge on any atom is 0.232 e. The first-order valence-corrected chi connectivity index (χ1v) is 12.9. The van der Waals surface area contributed by atoms with Gasteiger partial charge in [-0.05, 0) is 57.0 Å². The number of hydrogen-bond acceptors (Lipinski definition) is 5. The molecular formula is C24H35N3O4S. The van der Waals surface area contributed by atoms with Crippen LogP contribution >= 0.6 is 0 Å². The zero-order chi connectivity index (χ0) is 23.6. The van der Waals surface area contributed by atoms with Crippen molar-refractivity contribution >= 4 is 27.3 Å². The van der Waals surface area contributed by atoms with E-state index in [2.05, 4.69) is 36.2 Å². The van der Waals surface area contributed by atoms with Gasteiger partial charge in [-0.15, -0.1) is 0 Å². The summed E-state index contributed by atoms with van der Waals surface area (Å²) in [4.78, 5) is 14.6. The molecule has 0 aliphatic rings. The second kappa shape index (κ2) is 12.3. The van der Waals surface area contributed by atoms with Crippen molar-refractivity contribution < 1.29 is 17.9 Å². The van der Waals surface area contributed by atoms with E-state index in [4.69, 9.17) is 4.74 Å². The van der Waals surface area contributed by atoms with Crippen molar-refractivity contribution in [2.24, 2.45) is 0 Å². The number of para-hydroxylation sites is 2. The Morgan fingerprint density at radius 3 is 2.25 bits per heavy atom. The smallest absolute Gasteiger partial charge is 0.232 e. The van der Waals surface area contributed by atoms with Crippen LogP contribution in [0.25, 0.3) is 0 Å². The molecule has 2 aromatic carbocycles. The van der Waals surface area contributed by atoms with Gasteiger partial charge in [-0.25, -0.2) is 8.42 Å². The number of rotatable bonds is 13. The molecule has 0 fully saturated rings. The number of benzene rings is 2. The van der Waals surface area contributed by atoms with Crippen molar-refractivity contribution in [2.75, 3.05) is 41.7 Å². The first-order chi connectivity index (χ1) is 15.3. The van der Waals surface area contributed by atoms with Crippen LogP contribution in [0.1, 0.15) is 39.2 Å². The fourth-order valence-electron chi connectivity index (χ4n) is 3.49. The molecule has 0 aromatic heterocycles. The molecular weight excluding hydrogens is 426 g/mol. The lowest BCUT2D eigenvalue weighted by molar-refractivity contribution is -0.121. The highest BCUT2D eigenvalue weighted by molar-refractivity contribution is 7.92. The Bertz CT molecular complexity index is 957. The van der Waals surface area contributed by atoms with Crippen LogP contribution in [0.2, 0.25) is 0 Å². The molecule has 8 heteroatoms. The number of anilines is 2. The van der Waals surface area contributed by atoms with E-state index >= 15 is 0 Å². The van der Waals surface area contributed by atoms with E-state index in [1.807, 2.05) is 19.1 Å². The minimum Gasteiger partial charge on any atom is -0.492 e. The van der Waals surface area contributed by atoms with Gasteiger partial charge in [-0.3, -0.25) is 9.10 Å². The van der Waals surface area contributed by atoms with Crippen LogP contribution in [0.5, 0.6) is 5.75 Å². The Labute approximate surface area is 192 Å². The largest absolute Gasteiger partial charge is 0.492 e. The monoisotopic (exact) mass is 461 g/mol. The number of hydrogen-bond donors (Lipinski definition) is 1. The summed E-state index contributed by atoms with van der Waals surface area (Å²) in [5, 5.41) is 2.91. The molecule has 0 saturated heterocycles. The fraction of sp³-hybridized carbons (Fsp3) is 0.458. The lowest BCUT2D eigenvalue weighted by atomic mass is 10.2. The number of sulfonamides is 1. The molecule has 0 aliphatic heterocycles. The minimum atomic E-state index is -3.51. The molecule has 2 rings (SSSR count). The highest BCUT2D eigenvalue weighted by atomic mass is 32.2. The molecule has 0 heterocycles. The predicted octanol–water partition coefficient (Wildman–Crippen LogP) is 3.79. The summed E-state index contributed by atoms with van der Waals surface area (Å²) in [7, 11) is -3.51. The number of ether oxygens (including phenoxy) is 1. The summed E-state index contributed by atoms with van der Waals surface area (Å²) < 4.78 is 31.6. The Kier molecular flexibility index (Phi) is 9.84. The summed E-state index contributed by atoms with van der Waals surface area (Å²) >= 11 is 0. The van der Waals surface area contributed by atoms with E-state index in [0.29, 0.717) is 31.0 Å². The molecule has 2 aromatic rings. The number of carbonyl (C=O) groups is 1. The maximum atomic E-state index is 12.4. The summed E-state index contributed by atoms with van der Waals surface area (Å²) in [6.45, 7) is 9.08. The van der Waals surface area contributed by atoms with Crippen molar-refractivity contribution in [1.82, 2.24) is 5.32 Å². The molecule has 32 heavy (non-hydrogen) atoms. The lowest BCUT2D eigenvalue weighted by Gasteiger charge is -2.24. The highest BCUT2D eigenvalue weighted by Gasteiger charge is 2.21. The van der Waals surface area contributed by atoms with Gasteiger partial charge in [0.15, 0.2) is 0 Å². The molecule has 0 spiro atoms. The molecule has 1 N–H and O–H groups in total. The number of carbonyl (C=O) groups excluding carboxylic acids is 1. The van der Waals surface area contributed by atoms with E-state index in [1.165, 1.54) is 9.99 Å². The average Bonchev–Trinajstić information content (AvgIpc) is 2.77. The van der Waals surface area contributed by atoms with Crippen LogP contribution in [0.4, 0.5) is 11.4 Å². The second-order valence-electron chi connectivity index (χ2n) is 7.45. The van der Waals surface area contributed by atoms with Crippen LogP contribution in [0, 0.1) is 0 Å². The molecule has 7 nitrogen and oxygen atoms in total. The van der Waals surface area contributed by atoms with Crippen LogP contribution < -0.4 is 19.3 Å². The van der Waals surface area contributed by atoms with Gasteiger partial charge in [-0.2, -0.15) is 0 Å². The van der Waals surface area contributed by atoms with Gasteiger partial charge in [0.2, 0.25) is 15.9 Å². The first kappa shape index (κ1) is 25.5. The van der Waals surface area contributed by atoms with E-state index in [0.717, 1.165) is 24.9 Å². The van der Waals surface area contributed by atoms with Gasteiger partial charge in [0.05, 0.1) is 18.6 Å². The van der Waals surface area contributed by atoms with Crippen LogP contribution in [0.3, 0.4) is 0 Å². The Balaban J connectivity index is 1.90. The van der Waals surface area contributed by atoms with Crippen molar-refractivity contribution in [3.8, 4) is 5.75 Å². The summed E-state index contributed by atoms with van der Waals surface area (Å²) in [5.74, 6) is 0.405. The second-order valence-corrected chi connectivity index (χ2v) is 9.36. The average molecular weight is 462 g/mol. The molecule has 0 bridgehead atoms. The van der Waals surface area contributed by atoms with Gasteiger partial charge in [-0.1, -0.05) is 24.3 Å². The zero-order valence-corrected chi connectivity index (χ0v) is 20.3. The van der Waals surface area contributed by atoms with Crippen molar-refractivity contribution in [3.63, 3.8) is 0 Å². The molecule has 176 valence electrons. The predicted molar refractivity (Wildman–Crippen MR) is 131 cm³/mol. The number of nitrogens with zero attached hydrogens (tertiary/aromatic N) is 2. The Morgan fingerprint density at radius 2 is 1.66 bits per heavy atom. The third-order valence-electron chi connectivity index (χ3n) is 5.15. The van der Waals surface area contributed by atoms with Crippen LogP contribution in [-0.2, 0) is 21.4 Å². The molecule has 0 unspecified atom stereocenters. The van der Waals surface area contributed by atoms with Gasteiger partial charge in [0, 0.05) is 38.3 Å². The van der Waals surface area contributed by atoms with E-state index < -0.39 is 10.0 Å². The van der Waals surface area contributed by atoms with Crippen LogP contribution in [-0.4, -0.2) is 46.8 Å². The van der Waals surface area contributed by atoms with Crippen molar-refractivity contribution in [3.05, 3.63) is 54.1 Å². The Morgan fingerprint density at radius 1 is 1.00 bits per heavy atom. The molecule has 0 atom stereocenters. The highest BCUT2D eigenvalue weighted by Crippen LogP contribution is 2.30. The maximum absolute atomic E-state index is 12.4. The van der Waals surface area contributed by atoms with Crippen molar-refractivity contribution in [1.29, 1.82) is 0 Å². The summed E-state index contributed by atoms with van der Waals surface area (Å²) in [6, 6.07) is 15.2. The summed E-state index contributed by atoms with van der Waals surface area (Å²) in [5.41, 5.74) is 2.68. The standard InChI is InChI=1S/C24H35N3O4S/c1-5-26(6-2)21-16-14-20(15-17-21)19-25-24(28)13-10-18-27(32(4,29)30)22-11-8-9-12-23(22)31-7-3/h8-9,11-12,14-17H,5-7,10,13,18-19H2,1-4H3,(H,25,28). The molecule has 0 radical (unpaired) electrons. The molecule has 0 aliphatic carbocycles. The fourth-order valence-corrected chi connectivity index (χ4v) is 4.46. The lowest BCUT2D eigenvalue weighted by Crippen LogP contribution is -2.32. The van der Waals surface area contributed by atoms with Crippen molar-refractivity contribution in [2.45, 2.75) is 40.2 Å². The number of amides is 1. The SMILES string of the molecule is CCOc1ccccc1N(CCCC(=O)NCc1ccc(N(CC)CC)cc1)S(C)(=O)=O. The van der Waals surface area contributed by atoms with Crippen LogP contribution in [0.15, 0.2) is 48.5 Å². The number of nitrogens with one attached hydrogen (secondary N) is 1. The summed E-state index contributed by atoms with van der Waals surface area (Å²) in [6.07, 6.45) is 1.80. The molecule has 0 saturated carbocycles. The topological polar surface area (TPSA) is 79.0 Å². The van der Waals surface area contributed by atoms with E-state index in [1.54, 1.807) is 24.3 Å². The van der Waals surface area contributed by atoms with E-state index in [-0.39, 0.29) is 18.9 Å². The van der Waals surface area contributed by atoms with Gasteiger partial charge >= 0.3 is 0 Å². The third-order valence-corrected chi connectivity index (χ3v) is 6.33. The van der Waals surface area contributed by atoms with Gasteiger partial charge in [0.1, 0.15) is 5.75 Å². The van der Waals surface area contributed by atoms with Gasteiger partial charge in [0.25, 0.3) is 0 Å². The normalized spacial score (nSPS) is 11.1. The molecule has 1 amide bonds. The third kappa shape index (κ3) is 7.44. The van der Waals surface area contributed by atoms with Gasteiger partial charge < -0.3 is 15.0 Å². The van der Waals surface area contributed by atoms with E-state index in [9.17, 15) is 13.2 Å².